The highest BCUT2D eigenvalue weighted by Gasteiger charge is 2.47. The topological polar surface area (TPSA) is 76.1 Å². The van der Waals surface area contributed by atoms with Gasteiger partial charge in [0, 0.05) is 18.5 Å². The zero-order valence-corrected chi connectivity index (χ0v) is 14.4. The quantitative estimate of drug-likeness (QED) is 0.836. The number of alkyl halides is 1. The molecule has 1 heterocycles. The highest BCUT2D eigenvalue weighted by Crippen LogP contribution is 2.37. The van der Waals surface area contributed by atoms with Crippen molar-refractivity contribution in [1.82, 2.24) is 4.90 Å². The number of amides is 1. The monoisotopic (exact) mass is 389 g/mol. The maximum absolute atomic E-state index is 14.1. The van der Waals surface area contributed by atoms with Crippen LogP contribution >= 0.6 is 15.9 Å². The molecule has 126 valence electrons. The number of aliphatic carboxylic acids is 1. The molecule has 1 amide bonds. The summed E-state index contributed by atoms with van der Waals surface area (Å²) in [6.07, 6.45) is -0.219. The van der Waals surface area contributed by atoms with Gasteiger partial charge in [0.05, 0.1) is 24.7 Å². The highest BCUT2D eigenvalue weighted by atomic mass is 79.9. The fourth-order valence-electron chi connectivity index (χ4n) is 2.43. The van der Waals surface area contributed by atoms with Gasteiger partial charge in [-0.15, -0.1) is 0 Å². The Balaban J connectivity index is 2.27. The van der Waals surface area contributed by atoms with Crippen LogP contribution in [0.15, 0.2) is 16.6 Å². The Morgan fingerprint density at radius 1 is 1.48 bits per heavy atom. The Hall–Kier alpha value is -1.83. The molecule has 1 aliphatic heterocycles. The molecule has 1 unspecified atom stereocenters. The normalized spacial score (nSPS) is 20.4. The van der Waals surface area contributed by atoms with E-state index in [4.69, 9.17) is 14.6 Å². The molecule has 0 radical (unpaired) electrons. The largest absolute Gasteiger partial charge is 0.493 e. The van der Waals surface area contributed by atoms with E-state index in [-0.39, 0.29) is 18.5 Å². The van der Waals surface area contributed by atoms with Gasteiger partial charge in [-0.1, -0.05) is 0 Å². The van der Waals surface area contributed by atoms with E-state index in [1.807, 2.05) is 6.92 Å². The third-order valence-corrected chi connectivity index (χ3v) is 4.24. The van der Waals surface area contributed by atoms with E-state index in [1.54, 1.807) is 6.07 Å². The van der Waals surface area contributed by atoms with Crippen LogP contribution in [-0.4, -0.2) is 54.4 Å². The summed E-state index contributed by atoms with van der Waals surface area (Å²) < 4.78 is 25.3. The molecule has 1 aromatic rings. The van der Waals surface area contributed by atoms with Crippen LogP contribution in [0.3, 0.4) is 0 Å². The molecule has 6 nitrogen and oxygen atoms in total. The fourth-order valence-corrected chi connectivity index (χ4v) is 2.99. The van der Waals surface area contributed by atoms with E-state index in [0.717, 1.165) is 0 Å². The lowest BCUT2D eigenvalue weighted by atomic mass is 10.1. The molecule has 0 aliphatic carbocycles. The molecule has 23 heavy (non-hydrogen) atoms. The van der Waals surface area contributed by atoms with Crippen LogP contribution in [0.5, 0.6) is 11.5 Å². The van der Waals surface area contributed by atoms with Gasteiger partial charge in [-0.2, -0.15) is 0 Å². The Labute approximate surface area is 141 Å². The molecular formula is C15H17BrFNO5. The second-order valence-corrected chi connectivity index (χ2v) is 6.02. The van der Waals surface area contributed by atoms with Gasteiger partial charge in [0.1, 0.15) is 0 Å². The number of nitrogens with zero attached hydrogens (tertiary/aromatic N) is 1. The van der Waals surface area contributed by atoms with E-state index in [2.05, 4.69) is 15.9 Å². The molecule has 1 atom stereocenters. The molecule has 8 heteroatoms. The first-order valence-corrected chi connectivity index (χ1v) is 7.83. The number of rotatable bonds is 5. The number of carboxylic acid groups (broad SMARTS) is 1. The summed E-state index contributed by atoms with van der Waals surface area (Å²) in [6.45, 7) is 1.84. The van der Waals surface area contributed by atoms with Crippen LogP contribution in [0.25, 0.3) is 0 Å². The average molecular weight is 390 g/mol. The molecule has 0 spiro atoms. The van der Waals surface area contributed by atoms with Gasteiger partial charge in [-0.3, -0.25) is 4.79 Å². The molecule has 1 aromatic carbocycles. The van der Waals surface area contributed by atoms with E-state index in [9.17, 15) is 14.0 Å². The van der Waals surface area contributed by atoms with E-state index in [1.165, 1.54) is 18.1 Å². The number of halogens is 2. The highest BCUT2D eigenvalue weighted by molar-refractivity contribution is 9.10. The van der Waals surface area contributed by atoms with Gasteiger partial charge < -0.3 is 19.5 Å². The molecule has 2 rings (SSSR count). The third kappa shape index (κ3) is 3.41. The van der Waals surface area contributed by atoms with Crippen LogP contribution in [0.1, 0.15) is 23.7 Å². The number of carboxylic acids is 1. The van der Waals surface area contributed by atoms with E-state index in [0.29, 0.717) is 22.6 Å². The SMILES string of the molecule is CCOc1c(Br)cc(C(=O)N2CCC(F)(C(=O)O)C2)cc1OC. The number of carbonyl (C=O) groups excluding carboxylic acids is 1. The molecule has 0 bridgehead atoms. The first-order valence-electron chi connectivity index (χ1n) is 7.04. The Morgan fingerprint density at radius 2 is 2.17 bits per heavy atom. The first-order chi connectivity index (χ1) is 10.8. The molecule has 0 aromatic heterocycles. The summed E-state index contributed by atoms with van der Waals surface area (Å²) in [5.41, 5.74) is -2.12. The predicted molar refractivity (Wildman–Crippen MR) is 83.9 cm³/mol. The van der Waals surface area contributed by atoms with Crippen molar-refractivity contribution in [3.8, 4) is 11.5 Å². The molecule has 0 saturated carbocycles. The van der Waals surface area contributed by atoms with E-state index >= 15 is 0 Å². The second-order valence-electron chi connectivity index (χ2n) is 5.17. The number of likely N-dealkylation sites (tertiary alicyclic amines) is 1. The van der Waals surface area contributed by atoms with Crippen molar-refractivity contribution in [2.45, 2.75) is 19.0 Å². The Kier molecular flexibility index (Phi) is 5.13. The lowest BCUT2D eigenvalue weighted by molar-refractivity contribution is -0.149. The minimum absolute atomic E-state index is 0.0504. The van der Waals surface area contributed by atoms with Crippen molar-refractivity contribution in [3.05, 3.63) is 22.2 Å². The smallest absolute Gasteiger partial charge is 0.343 e. The van der Waals surface area contributed by atoms with Gasteiger partial charge in [0.2, 0.25) is 5.67 Å². The van der Waals surface area contributed by atoms with Crippen molar-refractivity contribution in [1.29, 1.82) is 0 Å². The fraction of sp³-hybridized carbons (Fsp3) is 0.467. The minimum Gasteiger partial charge on any atom is -0.493 e. The maximum Gasteiger partial charge on any atom is 0.343 e. The standard InChI is InChI=1S/C15H17BrFNO5/c1-3-23-12-10(16)6-9(7-11(12)22-2)13(19)18-5-4-15(17,8-18)14(20)21/h6-7H,3-5,8H2,1-2H3,(H,20,21). The van der Waals surface area contributed by atoms with Gasteiger partial charge in [-0.25, -0.2) is 9.18 Å². The number of hydrogen-bond donors (Lipinski definition) is 1. The number of benzene rings is 1. The van der Waals surface area contributed by atoms with Crippen molar-refractivity contribution < 1.29 is 28.6 Å². The summed E-state index contributed by atoms with van der Waals surface area (Å²) >= 11 is 3.32. The van der Waals surface area contributed by atoms with Crippen molar-refractivity contribution in [2.24, 2.45) is 0 Å². The van der Waals surface area contributed by atoms with Gasteiger partial charge in [0.25, 0.3) is 5.91 Å². The zero-order valence-electron chi connectivity index (χ0n) is 12.8. The first kappa shape index (κ1) is 17.5. The average Bonchev–Trinajstić information content (AvgIpc) is 2.92. The van der Waals surface area contributed by atoms with Crippen LogP contribution in [0, 0.1) is 0 Å². The summed E-state index contributed by atoms with van der Waals surface area (Å²) in [5.74, 6) is -1.15. The van der Waals surface area contributed by atoms with Crippen molar-refractivity contribution >= 4 is 27.8 Å². The van der Waals surface area contributed by atoms with Gasteiger partial charge >= 0.3 is 5.97 Å². The van der Waals surface area contributed by atoms with E-state index < -0.39 is 24.1 Å². The second kappa shape index (κ2) is 6.74. The molecule has 1 fully saturated rings. The summed E-state index contributed by atoms with van der Waals surface area (Å²) in [4.78, 5) is 24.6. The summed E-state index contributed by atoms with van der Waals surface area (Å²) in [5, 5.41) is 8.91. The number of carbonyl (C=O) groups is 2. The van der Waals surface area contributed by atoms with Crippen molar-refractivity contribution in [2.75, 3.05) is 26.8 Å². The summed E-state index contributed by atoms with van der Waals surface area (Å²) in [6, 6.07) is 3.05. The lowest BCUT2D eigenvalue weighted by Gasteiger charge is -2.19. The third-order valence-electron chi connectivity index (χ3n) is 3.66. The number of methoxy groups -OCH3 is 1. The molecule has 1 saturated heterocycles. The van der Waals surface area contributed by atoms with Gasteiger partial charge in [0.15, 0.2) is 11.5 Å². The molecule has 1 N–H and O–H groups in total. The Bertz CT molecular complexity index is 639. The van der Waals surface area contributed by atoms with Crippen LogP contribution in [0.2, 0.25) is 0 Å². The maximum atomic E-state index is 14.1. The predicted octanol–water partition coefficient (Wildman–Crippen LogP) is 2.50. The van der Waals surface area contributed by atoms with Crippen LogP contribution in [0.4, 0.5) is 4.39 Å². The van der Waals surface area contributed by atoms with Crippen LogP contribution < -0.4 is 9.47 Å². The van der Waals surface area contributed by atoms with Crippen LogP contribution in [-0.2, 0) is 4.79 Å². The van der Waals surface area contributed by atoms with Crippen molar-refractivity contribution in [3.63, 3.8) is 0 Å². The minimum atomic E-state index is -2.39. The van der Waals surface area contributed by atoms with Gasteiger partial charge in [-0.05, 0) is 35.0 Å². The lowest BCUT2D eigenvalue weighted by Crippen LogP contribution is -2.38. The summed E-state index contributed by atoms with van der Waals surface area (Å²) in [7, 11) is 1.45. The molecular weight excluding hydrogens is 373 g/mol. The number of hydrogen-bond acceptors (Lipinski definition) is 4. The Morgan fingerprint density at radius 3 is 2.70 bits per heavy atom. The zero-order chi connectivity index (χ0) is 17.2. The number of ether oxygens (including phenoxy) is 2. The molecule has 1 aliphatic rings.